The highest BCUT2D eigenvalue weighted by Crippen LogP contribution is 2.26. The largest absolute Gasteiger partial charge is 0.494 e. The summed E-state index contributed by atoms with van der Waals surface area (Å²) >= 11 is 3.23. The SMILES string of the molecule is COC(=O)Cc1ccnc(Br)c1OC. The summed E-state index contributed by atoms with van der Waals surface area (Å²) in [4.78, 5) is 15.0. The monoisotopic (exact) mass is 259 g/mol. The number of pyridine rings is 1. The number of halogens is 1. The molecule has 1 rings (SSSR count). The van der Waals surface area contributed by atoms with Crippen LogP contribution in [0, 0.1) is 0 Å². The normalized spacial score (nSPS) is 9.64. The quantitative estimate of drug-likeness (QED) is 0.611. The Kier molecular flexibility index (Phi) is 3.88. The molecule has 4 nitrogen and oxygen atoms in total. The number of rotatable bonds is 3. The van der Waals surface area contributed by atoms with E-state index in [1.165, 1.54) is 14.2 Å². The molecule has 0 bridgehead atoms. The van der Waals surface area contributed by atoms with Crippen LogP contribution in [0.4, 0.5) is 0 Å². The zero-order valence-corrected chi connectivity index (χ0v) is 9.50. The minimum Gasteiger partial charge on any atom is -0.494 e. The summed E-state index contributed by atoms with van der Waals surface area (Å²) in [7, 11) is 2.88. The van der Waals surface area contributed by atoms with Gasteiger partial charge < -0.3 is 9.47 Å². The van der Waals surface area contributed by atoms with E-state index in [2.05, 4.69) is 25.7 Å². The summed E-state index contributed by atoms with van der Waals surface area (Å²) in [6, 6.07) is 1.72. The van der Waals surface area contributed by atoms with Gasteiger partial charge in [-0.15, -0.1) is 0 Å². The van der Waals surface area contributed by atoms with Gasteiger partial charge in [0.25, 0.3) is 0 Å². The van der Waals surface area contributed by atoms with Gasteiger partial charge in [-0.05, 0) is 22.0 Å². The first kappa shape index (κ1) is 11.0. The van der Waals surface area contributed by atoms with Gasteiger partial charge in [0.1, 0.15) is 4.60 Å². The third-order valence-corrected chi connectivity index (χ3v) is 2.27. The summed E-state index contributed by atoms with van der Waals surface area (Å²) in [5, 5.41) is 0. The van der Waals surface area contributed by atoms with Gasteiger partial charge in [-0.3, -0.25) is 4.79 Å². The van der Waals surface area contributed by atoms with Crippen LogP contribution in [0.25, 0.3) is 0 Å². The lowest BCUT2D eigenvalue weighted by Gasteiger charge is -2.07. The number of carbonyl (C=O) groups excluding carboxylic acids is 1. The third-order valence-electron chi connectivity index (χ3n) is 1.71. The number of ether oxygens (including phenoxy) is 2. The fourth-order valence-corrected chi connectivity index (χ4v) is 1.58. The molecule has 0 aliphatic rings. The van der Waals surface area contributed by atoms with Crippen LogP contribution >= 0.6 is 15.9 Å². The minimum atomic E-state index is -0.304. The molecule has 0 spiro atoms. The van der Waals surface area contributed by atoms with E-state index in [1.54, 1.807) is 12.3 Å². The Labute approximate surface area is 90.4 Å². The number of hydrogen-bond donors (Lipinski definition) is 0. The Bertz CT molecular complexity index is 341. The highest BCUT2D eigenvalue weighted by molar-refractivity contribution is 9.10. The van der Waals surface area contributed by atoms with E-state index in [0.717, 1.165) is 5.56 Å². The van der Waals surface area contributed by atoms with Gasteiger partial charge in [0, 0.05) is 11.8 Å². The number of aromatic nitrogens is 1. The fourth-order valence-electron chi connectivity index (χ4n) is 1.04. The van der Waals surface area contributed by atoms with Crippen LogP contribution in [0.3, 0.4) is 0 Å². The zero-order chi connectivity index (χ0) is 10.6. The number of nitrogens with zero attached hydrogens (tertiary/aromatic N) is 1. The topological polar surface area (TPSA) is 48.4 Å². The third kappa shape index (κ3) is 2.45. The molecule has 0 aliphatic carbocycles. The highest BCUT2D eigenvalue weighted by Gasteiger charge is 2.11. The molecule has 0 aromatic carbocycles. The van der Waals surface area contributed by atoms with Crippen molar-refractivity contribution in [3.8, 4) is 5.75 Å². The van der Waals surface area contributed by atoms with Crippen molar-refractivity contribution in [1.82, 2.24) is 4.98 Å². The van der Waals surface area contributed by atoms with Crippen LogP contribution in [0.15, 0.2) is 16.9 Å². The van der Waals surface area contributed by atoms with Crippen molar-refractivity contribution in [2.75, 3.05) is 14.2 Å². The van der Waals surface area contributed by atoms with Gasteiger partial charge in [0.2, 0.25) is 0 Å². The highest BCUT2D eigenvalue weighted by atomic mass is 79.9. The molecule has 0 radical (unpaired) electrons. The fraction of sp³-hybridized carbons (Fsp3) is 0.333. The molecule has 5 heteroatoms. The average molecular weight is 260 g/mol. The van der Waals surface area contributed by atoms with Crippen molar-refractivity contribution in [3.63, 3.8) is 0 Å². The first-order valence-corrected chi connectivity index (χ1v) is 4.72. The van der Waals surface area contributed by atoms with Crippen molar-refractivity contribution in [3.05, 3.63) is 22.4 Å². The molecule has 0 amide bonds. The molecule has 1 heterocycles. The first-order chi connectivity index (χ1) is 6.69. The maximum Gasteiger partial charge on any atom is 0.310 e. The van der Waals surface area contributed by atoms with E-state index >= 15 is 0 Å². The Balaban J connectivity index is 2.96. The summed E-state index contributed by atoms with van der Waals surface area (Å²) in [6.45, 7) is 0. The van der Waals surface area contributed by atoms with Gasteiger partial charge in [-0.1, -0.05) is 0 Å². The van der Waals surface area contributed by atoms with E-state index in [4.69, 9.17) is 4.74 Å². The molecule has 0 saturated heterocycles. The van der Waals surface area contributed by atoms with Crippen LogP contribution in [0.1, 0.15) is 5.56 Å². The molecule has 0 fully saturated rings. The lowest BCUT2D eigenvalue weighted by molar-refractivity contribution is -0.139. The Morgan fingerprint density at radius 1 is 1.57 bits per heavy atom. The van der Waals surface area contributed by atoms with E-state index in [1.807, 2.05) is 0 Å². The molecular weight excluding hydrogens is 250 g/mol. The molecule has 0 N–H and O–H groups in total. The molecule has 1 aromatic heterocycles. The lowest BCUT2D eigenvalue weighted by atomic mass is 10.2. The Hall–Kier alpha value is -1.10. The van der Waals surface area contributed by atoms with Crippen LogP contribution in [0.2, 0.25) is 0 Å². The summed E-state index contributed by atoms with van der Waals surface area (Å²) in [5.41, 5.74) is 0.751. The number of carbonyl (C=O) groups is 1. The molecular formula is C9H10BrNO3. The predicted molar refractivity (Wildman–Crippen MR) is 54.2 cm³/mol. The number of hydrogen-bond acceptors (Lipinski definition) is 4. The Morgan fingerprint density at radius 2 is 2.29 bits per heavy atom. The van der Waals surface area contributed by atoms with Crippen molar-refractivity contribution in [2.24, 2.45) is 0 Å². The number of esters is 1. The maximum atomic E-state index is 11.0. The molecule has 0 aliphatic heterocycles. The van der Waals surface area contributed by atoms with Gasteiger partial charge in [-0.25, -0.2) is 4.98 Å². The molecule has 0 saturated carbocycles. The lowest BCUT2D eigenvalue weighted by Crippen LogP contribution is -2.06. The summed E-state index contributed by atoms with van der Waals surface area (Å²) in [5.74, 6) is 0.263. The molecule has 0 unspecified atom stereocenters. The van der Waals surface area contributed by atoms with Crippen LogP contribution in [-0.4, -0.2) is 25.2 Å². The van der Waals surface area contributed by atoms with E-state index < -0.39 is 0 Å². The van der Waals surface area contributed by atoms with Gasteiger partial charge in [0.15, 0.2) is 5.75 Å². The van der Waals surface area contributed by atoms with Crippen LogP contribution in [0.5, 0.6) is 5.75 Å². The van der Waals surface area contributed by atoms with Gasteiger partial charge in [-0.2, -0.15) is 0 Å². The average Bonchev–Trinajstić information content (AvgIpc) is 2.18. The maximum absolute atomic E-state index is 11.0. The summed E-state index contributed by atoms with van der Waals surface area (Å²) in [6.07, 6.45) is 1.78. The van der Waals surface area contributed by atoms with Gasteiger partial charge >= 0.3 is 5.97 Å². The summed E-state index contributed by atoms with van der Waals surface area (Å²) < 4.78 is 10.3. The number of methoxy groups -OCH3 is 2. The van der Waals surface area contributed by atoms with Gasteiger partial charge in [0.05, 0.1) is 20.6 Å². The van der Waals surface area contributed by atoms with E-state index in [9.17, 15) is 4.79 Å². The first-order valence-electron chi connectivity index (χ1n) is 3.93. The standard InChI is InChI=1S/C9H10BrNO3/c1-13-7(12)5-6-3-4-11-9(10)8(6)14-2/h3-4H,5H2,1-2H3. The van der Waals surface area contributed by atoms with E-state index in [-0.39, 0.29) is 12.4 Å². The molecule has 14 heavy (non-hydrogen) atoms. The second-order valence-electron chi connectivity index (χ2n) is 2.55. The predicted octanol–water partition coefficient (Wildman–Crippen LogP) is 1.57. The molecule has 76 valence electrons. The van der Waals surface area contributed by atoms with Crippen molar-refractivity contribution in [2.45, 2.75) is 6.42 Å². The van der Waals surface area contributed by atoms with Crippen molar-refractivity contribution in [1.29, 1.82) is 0 Å². The van der Waals surface area contributed by atoms with E-state index in [0.29, 0.717) is 10.4 Å². The molecule has 0 atom stereocenters. The van der Waals surface area contributed by atoms with Crippen LogP contribution in [-0.2, 0) is 16.0 Å². The Morgan fingerprint density at radius 3 is 2.86 bits per heavy atom. The second kappa shape index (κ2) is 4.95. The zero-order valence-electron chi connectivity index (χ0n) is 7.91. The van der Waals surface area contributed by atoms with Crippen molar-refractivity contribution >= 4 is 21.9 Å². The second-order valence-corrected chi connectivity index (χ2v) is 3.30. The minimum absolute atomic E-state index is 0.181. The van der Waals surface area contributed by atoms with Crippen molar-refractivity contribution < 1.29 is 14.3 Å². The molecule has 1 aromatic rings. The smallest absolute Gasteiger partial charge is 0.310 e. The van der Waals surface area contributed by atoms with Crippen LogP contribution < -0.4 is 4.74 Å².